The van der Waals surface area contributed by atoms with E-state index in [0.717, 1.165) is 45.9 Å². The van der Waals surface area contributed by atoms with Gasteiger partial charge in [-0.05, 0) is 25.5 Å². The molecule has 2 aromatic heterocycles. The lowest BCUT2D eigenvalue weighted by Crippen LogP contribution is -2.46. The van der Waals surface area contributed by atoms with Gasteiger partial charge in [0.15, 0.2) is 0 Å². The predicted octanol–water partition coefficient (Wildman–Crippen LogP) is 4.11. The summed E-state index contributed by atoms with van der Waals surface area (Å²) < 4.78 is 7.80. The number of morpholine rings is 1. The summed E-state index contributed by atoms with van der Waals surface area (Å²) in [6.07, 6.45) is 3.49. The first kappa shape index (κ1) is 15.9. The molecule has 0 N–H and O–H groups in total. The van der Waals surface area contributed by atoms with Gasteiger partial charge in [0.1, 0.15) is 0 Å². The summed E-state index contributed by atoms with van der Waals surface area (Å²) in [5.41, 5.74) is 1.96. The molecule has 3 heterocycles. The molecule has 0 bridgehead atoms. The zero-order chi connectivity index (χ0) is 16.7. The Kier molecular flexibility index (Phi) is 4.20. The van der Waals surface area contributed by atoms with Crippen LogP contribution in [0.5, 0.6) is 0 Å². The van der Waals surface area contributed by atoms with Gasteiger partial charge < -0.3 is 9.64 Å². The monoisotopic (exact) mass is 362 g/mol. The third-order valence-electron chi connectivity index (χ3n) is 4.22. The second-order valence-corrected chi connectivity index (χ2v) is 7.50. The largest absolute Gasteiger partial charge is 0.372 e. The molecular formula is C17H19ClN4OS. The normalized spacial score (nSPS) is 21.5. The van der Waals surface area contributed by atoms with Crippen LogP contribution in [0.15, 0.2) is 30.5 Å². The van der Waals surface area contributed by atoms with Gasteiger partial charge in [0.25, 0.3) is 0 Å². The third-order valence-corrected chi connectivity index (χ3v) is 5.46. The highest BCUT2D eigenvalue weighted by atomic mass is 35.5. The first-order chi connectivity index (χ1) is 11.6. The molecule has 126 valence electrons. The zero-order valence-electron chi connectivity index (χ0n) is 13.6. The molecule has 0 aliphatic carbocycles. The smallest absolute Gasteiger partial charge is 0.214 e. The highest BCUT2D eigenvalue weighted by Gasteiger charge is 2.26. The molecule has 1 fully saturated rings. The number of nitrogens with zero attached hydrogens (tertiary/aromatic N) is 4. The minimum atomic E-state index is 0.226. The second kappa shape index (κ2) is 6.35. The summed E-state index contributed by atoms with van der Waals surface area (Å²) in [6.45, 7) is 6.04. The molecule has 1 aromatic carbocycles. The van der Waals surface area contributed by atoms with Crippen molar-refractivity contribution in [3.63, 3.8) is 0 Å². The highest BCUT2D eigenvalue weighted by molar-refractivity contribution is 7.20. The van der Waals surface area contributed by atoms with Crippen LogP contribution in [-0.4, -0.2) is 39.9 Å². The number of ether oxygens (including phenoxy) is 1. The van der Waals surface area contributed by atoms with E-state index >= 15 is 0 Å². The van der Waals surface area contributed by atoms with Crippen molar-refractivity contribution >= 4 is 33.0 Å². The number of hydrogen-bond acceptors (Lipinski definition) is 5. The maximum Gasteiger partial charge on any atom is 0.214 e. The van der Waals surface area contributed by atoms with Gasteiger partial charge in [0, 0.05) is 23.7 Å². The molecule has 0 spiro atoms. The van der Waals surface area contributed by atoms with Crippen LogP contribution >= 0.6 is 22.9 Å². The third kappa shape index (κ3) is 3.01. The Morgan fingerprint density at radius 2 is 2.08 bits per heavy atom. The van der Waals surface area contributed by atoms with Crippen LogP contribution in [0.3, 0.4) is 0 Å². The van der Waals surface area contributed by atoms with Gasteiger partial charge in [-0.1, -0.05) is 42.0 Å². The summed E-state index contributed by atoms with van der Waals surface area (Å²) in [5, 5.41) is 6.46. The van der Waals surface area contributed by atoms with Crippen LogP contribution in [0.1, 0.15) is 20.3 Å². The number of imidazole rings is 1. The molecule has 4 rings (SSSR count). The van der Waals surface area contributed by atoms with E-state index in [1.54, 1.807) is 11.3 Å². The molecule has 24 heavy (non-hydrogen) atoms. The Bertz CT molecular complexity index is 813. The maximum atomic E-state index is 5.95. The minimum Gasteiger partial charge on any atom is -0.372 e. The standard InChI is InChI=1S/C17H19ClN4OS/c1-3-14-9-21(8-11(2)23-14)17-20-22-10-15(19-16(22)24-17)12-4-6-13(18)7-5-12/h4-7,10-11,14H,3,8-9H2,1-2H3. The van der Waals surface area contributed by atoms with E-state index in [2.05, 4.69) is 18.7 Å². The summed E-state index contributed by atoms with van der Waals surface area (Å²) in [7, 11) is 0. The predicted molar refractivity (Wildman–Crippen MR) is 98.1 cm³/mol. The number of fused-ring (bicyclic) bond motifs is 1. The van der Waals surface area contributed by atoms with Crippen molar-refractivity contribution in [3.05, 3.63) is 35.5 Å². The van der Waals surface area contributed by atoms with Crippen molar-refractivity contribution in [1.82, 2.24) is 14.6 Å². The fourth-order valence-electron chi connectivity index (χ4n) is 3.00. The van der Waals surface area contributed by atoms with Gasteiger partial charge in [-0.2, -0.15) is 0 Å². The minimum absolute atomic E-state index is 0.226. The summed E-state index contributed by atoms with van der Waals surface area (Å²) in [6, 6.07) is 7.71. The Hall–Kier alpha value is -1.63. The van der Waals surface area contributed by atoms with Crippen LogP contribution in [0, 0.1) is 0 Å². The van der Waals surface area contributed by atoms with Gasteiger partial charge in [-0.3, -0.25) is 0 Å². The van der Waals surface area contributed by atoms with E-state index in [1.807, 2.05) is 35.0 Å². The molecule has 2 atom stereocenters. The number of halogens is 1. The fraction of sp³-hybridized carbons (Fsp3) is 0.412. The Morgan fingerprint density at radius 1 is 1.29 bits per heavy atom. The lowest BCUT2D eigenvalue weighted by atomic mass is 10.2. The fourth-order valence-corrected chi connectivity index (χ4v) is 4.03. The number of anilines is 1. The number of benzene rings is 1. The van der Waals surface area contributed by atoms with Gasteiger partial charge in [-0.15, -0.1) is 5.10 Å². The highest BCUT2D eigenvalue weighted by Crippen LogP contribution is 2.29. The van der Waals surface area contributed by atoms with E-state index < -0.39 is 0 Å². The van der Waals surface area contributed by atoms with E-state index in [4.69, 9.17) is 26.4 Å². The molecule has 5 nitrogen and oxygen atoms in total. The van der Waals surface area contributed by atoms with Crippen molar-refractivity contribution in [3.8, 4) is 11.3 Å². The molecule has 1 aliphatic heterocycles. The van der Waals surface area contributed by atoms with Gasteiger partial charge in [0.2, 0.25) is 10.1 Å². The Morgan fingerprint density at radius 3 is 2.79 bits per heavy atom. The van der Waals surface area contributed by atoms with E-state index in [1.165, 1.54) is 0 Å². The molecule has 0 radical (unpaired) electrons. The van der Waals surface area contributed by atoms with E-state index in [0.29, 0.717) is 0 Å². The molecule has 0 amide bonds. The average molecular weight is 363 g/mol. The average Bonchev–Trinajstić information content (AvgIpc) is 3.14. The first-order valence-electron chi connectivity index (χ1n) is 8.15. The van der Waals surface area contributed by atoms with E-state index in [-0.39, 0.29) is 12.2 Å². The quantitative estimate of drug-likeness (QED) is 0.703. The topological polar surface area (TPSA) is 42.7 Å². The van der Waals surface area contributed by atoms with Gasteiger partial charge >= 0.3 is 0 Å². The summed E-state index contributed by atoms with van der Waals surface area (Å²) >= 11 is 7.57. The number of hydrogen-bond donors (Lipinski definition) is 0. The van der Waals surface area contributed by atoms with Crippen LogP contribution < -0.4 is 4.90 Å². The van der Waals surface area contributed by atoms with Crippen molar-refractivity contribution in [2.45, 2.75) is 32.5 Å². The van der Waals surface area contributed by atoms with Gasteiger partial charge in [-0.25, -0.2) is 9.50 Å². The maximum absolute atomic E-state index is 5.95. The summed E-state index contributed by atoms with van der Waals surface area (Å²) in [5.74, 6) is 0. The van der Waals surface area contributed by atoms with Crippen LogP contribution in [0.4, 0.5) is 5.13 Å². The van der Waals surface area contributed by atoms with Crippen molar-refractivity contribution in [1.29, 1.82) is 0 Å². The molecule has 1 saturated heterocycles. The lowest BCUT2D eigenvalue weighted by Gasteiger charge is -2.36. The molecule has 2 unspecified atom stereocenters. The first-order valence-corrected chi connectivity index (χ1v) is 9.34. The molecule has 1 aliphatic rings. The number of rotatable bonds is 3. The molecular weight excluding hydrogens is 344 g/mol. The SMILES string of the molecule is CCC1CN(c2nn3cc(-c4ccc(Cl)cc4)nc3s2)CC(C)O1. The van der Waals surface area contributed by atoms with Crippen LogP contribution in [0.25, 0.3) is 16.2 Å². The summed E-state index contributed by atoms with van der Waals surface area (Å²) in [4.78, 5) is 7.92. The molecule has 3 aromatic rings. The molecule has 0 saturated carbocycles. The molecule has 7 heteroatoms. The van der Waals surface area contributed by atoms with Crippen LogP contribution in [-0.2, 0) is 4.74 Å². The Labute approximate surface area is 149 Å². The van der Waals surface area contributed by atoms with Crippen molar-refractivity contribution in [2.75, 3.05) is 18.0 Å². The van der Waals surface area contributed by atoms with Crippen LogP contribution in [0.2, 0.25) is 5.02 Å². The Balaban J connectivity index is 1.60. The van der Waals surface area contributed by atoms with E-state index in [9.17, 15) is 0 Å². The number of aromatic nitrogens is 3. The second-order valence-electron chi connectivity index (χ2n) is 6.13. The lowest BCUT2D eigenvalue weighted by molar-refractivity contribution is -0.0172. The van der Waals surface area contributed by atoms with Crippen molar-refractivity contribution < 1.29 is 4.74 Å². The van der Waals surface area contributed by atoms with Crippen molar-refractivity contribution in [2.24, 2.45) is 0 Å². The zero-order valence-corrected chi connectivity index (χ0v) is 15.2. The van der Waals surface area contributed by atoms with Gasteiger partial charge in [0.05, 0.1) is 24.1 Å².